The number of methoxy groups -OCH3 is 1. The zero-order valence-corrected chi connectivity index (χ0v) is 8.57. The summed E-state index contributed by atoms with van der Waals surface area (Å²) in [6, 6.07) is 0. The van der Waals surface area contributed by atoms with Gasteiger partial charge in [-0.2, -0.15) is 0 Å². The molecule has 1 heterocycles. The molecule has 0 unspecified atom stereocenters. The second kappa shape index (κ2) is 4.28. The van der Waals surface area contributed by atoms with Crippen molar-refractivity contribution in [2.24, 2.45) is 5.92 Å². The molecule has 0 radical (unpaired) electrons. The highest BCUT2D eigenvalue weighted by Crippen LogP contribution is 2.31. The van der Waals surface area contributed by atoms with Gasteiger partial charge in [0.15, 0.2) is 0 Å². The summed E-state index contributed by atoms with van der Waals surface area (Å²) >= 11 is 0. The molecule has 2 rings (SSSR count). The molecule has 1 aliphatic carbocycles. The maximum Gasteiger partial charge on any atom is 0.225 e. The molecule has 0 aromatic heterocycles. The first-order valence-electron chi connectivity index (χ1n) is 5.20. The quantitative estimate of drug-likeness (QED) is 0.641. The number of ether oxygens (including phenoxy) is 2. The van der Waals surface area contributed by atoms with Crippen molar-refractivity contribution in [1.29, 1.82) is 0 Å². The van der Waals surface area contributed by atoms with E-state index in [-0.39, 0.29) is 12.0 Å². The van der Waals surface area contributed by atoms with Crippen molar-refractivity contribution in [3.05, 3.63) is 0 Å². The smallest absolute Gasteiger partial charge is 0.225 e. The average molecular weight is 199 g/mol. The molecular formula is C10H17NO3. The lowest BCUT2D eigenvalue weighted by molar-refractivity contribution is -0.133. The van der Waals surface area contributed by atoms with Gasteiger partial charge in [0.2, 0.25) is 5.91 Å². The highest BCUT2D eigenvalue weighted by Gasteiger charge is 2.34. The Morgan fingerprint density at radius 1 is 1.50 bits per heavy atom. The van der Waals surface area contributed by atoms with Gasteiger partial charge in [-0.05, 0) is 12.8 Å². The van der Waals surface area contributed by atoms with Gasteiger partial charge in [0.1, 0.15) is 0 Å². The van der Waals surface area contributed by atoms with Crippen LogP contribution in [0.4, 0.5) is 0 Å². The summed E-state index contributed by atoms with van der Waals surface area (Å²) in [4.78, 5) is 13.7. The summed E-state index contributed by atoms with van der Waals surface area (Å²) < 4.78 is 10.6. The van der Waals surface area contributed by atoms with E-state index in [4.69, 9.17) is 9.47 Å². The molecule has 1 atom stereocenters. The maximum absolute atomic E-state index is 11.8. The van der Waals surface area contributed by atoms with Gasteiger partial charge in [-0.1, -0.05) is 0 Å². The van der Waals surface area contributed by atoms with Crippen molar-refractivity contribution in [2.45, 2.75) is 18.9 Å². The van der Waals surface area contributed by atoms with Crippen molar-refractivity contribution >= 4 is 5.91 Å². The Labute approximate surface area is 84.2 Å². The molecule has 2 aliphatic rings. The van der Waals surface area contributed by atoms with Crippen LogP contribution >= 0.6 is 0 Å². The Hall–Kier alpha value is -0.610. The second-order valence-corrected chi connectivity index (χ2v) is 3.99. The van der Waals surface area contributed by atoms with Gasteiger partial charge in [0, 0.05) is 26.1 Å². The fraction of sp³-hybridized carbons (Fsp3) is 0.900. The molecule has 1 saturated heterocycles. The highest BCUT2D eigenvalue weighted by molar-refractivity contribution is 5.81. The van der Waals surface area contributed by atoms with Crippen LogP contribution in [0.3, 0.4) is 0 Å². The van der Waals surface area contributed by atoms with Gasteiger partial charge in [-0.15, -0.1) is 0 Å². The topological polar surface area (TPSA) is 38.8 Å². The molecule has 80 valence electrons. The molecular weight excluding hydrogens is 182 g/mol. The normalized spacial score (nSPS) is 28.6. The largest absolute Gasteiger partial charge is 0.377 e. The lowest BCUT2D eigenvalue weighted by Gasteiger charge is -2.22. The van der Waals surface area contributed by atoms with Crippen LogP contribution in [0.2, 0.25) is 0 Å². The highest BCUT2D eigenvalue weighted by atomic mass is 16.5. The fourth-order valence-electron chi connectivity index (χ4n) is 1.71. The van der Waals surface area contributed by atoms with Crippen LogP contribution in [0, 0.1) is 5.92 Å². The first-order valence-corrected chi connectivity index (χ1v) is 5.20. The number of nitrogens with zero attached hydrogens (tertiary/aromatic N) is 1. The van der Waals surface area contributed by atoms with Crippen LogP contribution < -0.4 is 0 Å². The molecule has 2 fully saturated rings. The van der Waals surface area contributed by atoms with Crippen LogP contribution in [0.15, 0.2) is 0 Å². The van der Waals surface area contributed by atoms with Gasteiger partial charge in [-0.3, -0.25) is 4.79 Å². The first kappa shape index (κ1) is 9.93. The van der Waals surface area contributed by atoms with E-state index in [1.807, 2.05) is 4.90 Å². The molecule has 4 nitrogen and oxygen atoms in total. The fourth-order valence-corrected chi connectivity index (χ4v) is 1.71. The van der Waals surface area contributed by atoms with E-state index in [2.05, 4.69) is 0 Å². The minimum absolute atomic E-state index is 0.0419. The maximum atomic E-state index is 11.8. The van der Waals surface area contributed by atoms with E-state index >= 15 is 0 Å². The van der Waals surface area contributed by atoms with Crippen molar-refractivity contribution in [3.63, 3.8) is 0 Å². The zero-order chi connectivity index (χ0) is 9.97. The van der Waals surface area contributed by atoms with Crippen LogP contribution in [0.5, 0.6) is 0 Å². The third-order valence-electron chi connectivity index (χ3n) is 2.80. The minimum atomic E-state index is 0.0419. The van der Waals surface area contributed by atoms with Gasteiger partial charge in [-0.25, -0.2) is 0 Å². The zero-order valence-electron chi connectivity index (χ0n) is 8.57. The summed E-state index contributed by atoms with van der Waals surface area (Å²) in [5.41, 5.74) is 0. The number of amides is 1. The van der Waals surface area contributed by atoms with Gasteiger partial charge in [0.05, 0.1) is 19.3 Å². The number of rotatable bonds is 2. The summed E-state index contributed by atoms with van der Waals surface area (Å²) in [5.74, 6) is 0.586. The number of hydrogen-bond donors (Lipinski definition) is 0. The number of carbonyl (C=O) groups excluding carboxylic acids is 1. The molecule has 4 heteroatoms. The summed E-state index contributed by atoms with van der Waals surface area (Å²) in [6.45, 7) is 2.64. The molecule has 1 amide bonds. The van der Waals surface area contributed by atoms with Crippen LogP contribution in [-0.4, -0.2) is 50.3 Å². The predicted octanol–water partition coefficient (Wildman–Crippen LogP) is 0.270. The Morgan fingerprint density at radius 2 is 2.29 bits per heavy atom. The molecule has 0 aromatic rings. The SMILES string of the molecule is CO[C@H]1COCCN(C(=O)C2CC2)C1. The molecule has 1 saturated carbocycles. The predicted molar refractivity (Wildman–Crippen MR) is 50.9 cm³/mol. The van der Waals surface area contributed by atoms with E-state index < -0.39 is 0 Å². The molecule has 0 aromatic carbocycles. The van der Waals surface area contributed by atoms with Crippen LogP contribution in [0.25, 0.3) is 0 Å². The van der Waals surface area contributed by atoms with Crippen molar-refractivity contribution < 1.29 is 14.3 Å². The minimum Gasteiger partial charge on any atom is -0.377 e. The first-order chi connectivity index (χ1) is 6.81. The van der Waals surface area contributed by atoms with E-state index in [0.717, 1.165) is 19.4 Å². The molecule has 0 N–H and O–H groups in total. The molecule has 1 aliphatic heterocycles. The third-order valence-corrected chi connectivity index (χ3v) is 2.80. The van der Waals surface area contributed by atoms with E-state index in [9.17, 15) is 4.79 Å². The van der Waals surface area contributed by atoms with E-state index in [1.165, 1.54) is 0 Å². The van der Waals surface area contributed by atoms with Gasteiger partial charge in [0.25, 0.3) is 0 Å². The lowest BCUT2D eigenvalue weighted by atomic mass is 10.3. The average Bonchev–Trinajstić information content (AvgIpc) is 3.03. The summed E-state index contributed by atoms with van der Waals surface area (Å²) in [6.07, 6.45) is 2.17. The lowest BCUT2D eigenvalue weighted by Crippen LogP contribution is -2.39. The van der Waals surface area contributed by atoms with E-state index in [1.54, 1.807) is 7.11 Å². The number of carbonyl (C=O) groups is 1. The van der Waals surface area contributed by atoms with Crippen molar-refractivity contribution in [1.82, 2.24) is 4.90 Å². The summed E-state index contributed by atoms with van der Waals surface area (Å²) in [7, 11) is 1.67. The standard InChI is InChI=1S/C10H17NO3/c1-13-9-6-11(4-5-14-7-9)10(12)8-2-3-8/h8-9H,2-7H2,1H3/t9-/m1/s1. The monoisotopic (exact) mass is 199 g/mol. The van der Waals surface area contributed by atoms with E-state index in [0.29, 0.717) is 25.7 Å². The van der Waals surface area contributed by atoms with Crippen LogP contribution in [0.1, 0.15) is 12.8 Å². The Bertz CT molecular complexity index is 215. The third kappa shape index (κ3) is 2.25. The van der Waals surface area contributed by atoms with Gasteiger partial charge >= 0.3 is 0 Å². The van der Waals surface area contributed by atoms with Crippen LogP contribution in [-0.2, 0) is 14.3 Å². The summed E-state index contributed by atoms with van der Waals surface area (Å²) in [5, 5.41) is 0. The Balaban J connectivity index is 1.91. The molecule has 0 bridgehead atoms. The Morgan fingerprint density at radius 3 is 2.93 bits per heavy atom. The second-order valence-electron chi connectivity index (χ2n) is 3.99. The van der Waals surface area contributed by atoms with Gasteiger partial charge < -0.3 is 14.4 Å². The molecule has 14 heavy (non-hydrogen) atoms. The molecule has 0 spiro atoms. The van der Waals surface area contributed by atoms with Crippen molar-refractivity contribution in [2.75, 3.05) is 33.4 Å². The number of hydrogen-bond acceptors (Lipinski definition) is 3. The Kier molecular flexibility index (Phi) is 3.03. The van der Waals surface area contributed by atoms with Crippen molar-refractivity contribution in [3.8, 4) is 0 Å².